The van der Waals surface area contributed by atoms with Crippen LogP contribution in [0.25, 0.3) is 0 Å². The van der Waals surface area contributed by atoms with E-state index in [1.165, 1.54) is 25.1 Å². The number of hydrogen-bond donors (Lipinski definition) is 2. The largest absolute Gasteiger partial charge is 0.507 e. The zero-order valence-electron chi connectivity index (χ0n) is 12.6. The number of phenolic OH excluding ortho intramolecular Hbond substituents is 1. The van der Waals surface area contributed by atoms with Gasteiger partial charge >= 0.3 is 5.97 Å². The molecule has 0 unspecified atom stereocenters. The van der Waals surface area contributed by atoms with Crippen LogP contribution in [0.2, 0.25) is 5.02 Å². The number of hydrogen-bond acceptors (Lipinski definition) is 5. The van der Waals surface area contributed by atoms with E-state index in [1.54, 1.807) is 24.3 Å². The van der Waals surface area contributed by atoms with Gasteiger partial charge < -0.3 is 15.2 Å². The van der Waals surface area contributed by atoms with Crippen molar-refractivity contribution in [1.29, 1.82) is 5.26 Å². The standard InChI is InChI=1S/C17H13ClN2O4/c1-10(16(22)20-13-5-2-11(9-19)3-6-13)24-17(23)14-8-12(18)4-7-15(14)21/h2-8,10,21H,1H3,(H,20,22)/t10-/m0/s1. The van der Waals surface area contributed by atoms with Gasteiger partial charge in [-0.25, -0.2) is 4.79 Å². The average molecular weight is 345 g/mol. The van der Waals surface area contributed by atoms with Gasteiger partial charge in [0.1, 0.15) is 11.3 Å². The van der Waals surface area contributed by atoms with Crippen LogP contribution in [-0.4, -0.2) is 23.1 Å². The molecule has 2 aromatic rings. The van der Waals surface area contributed by atoms with Gasteiger partial charge in [0.15, 0.2) is 6.10 Å². The Morgan fingerprint density at radius 2 is 1.92 bits per heavy atom. The fourth-order valence-corrected chi connectivity index (χ4v) is 1.99. The van der Waals surface area contributed by atoms with Gasteiger partial charge in [-0.3, -0.25) is 4.79 Å². The first-order valence-electron chi connectivity index (χ1n) is 6.91. The Morgan fingerprint density at radius 1 is 1.25 bits per heavy atom. The minimum atomic E-state index is -1.09. The molecule has 122 valence electrons. The predicted molar refractivity (Wildman–Crippen MR) is 87.8 cm³/mol. The second kappa shape index (κ2) is 7.49. The summed E-state index contributed by atoms with van der Waals surface area (Å²) >= 11 is 5.77. The van der Waals surface area contributed by atoms with Crippen LogP contribution in [0, 0.1) is 11.3 Å². The summed E-state index contributed by atoms with van der Waals surface area (Å²) in [5.41, 5.74) is 0.803. The highest BCUT2D eigenvalue weighted by Crippen LogP contribution is 2.22. The Bertz CT molecular complexity index is 812. The summed E-state index contributed by atoms with van der Waals surface area (Å²) in [5.74, 6) is -1.70. The van der Waals surface area contributed by atoms with E-state index in [1.807, 2.05) is 6.07 Å². The second-order valence-corrected chi connectivity index (χ2v) is 5.32. The van der Waals surface area contributed by atoms with E-state index in [0.29, 0.717) is 11.3 Å². The zero-order valence-corrected chi connectivity index (χ0v) is 13.4. The van der Waals surface area contributed by atoms with E-state index in [9.17, 15) is 14.7 Å². The van der Waals surface area contributed by atoms with Crippen LogP contribution in [-0.2, 0) is 9.53 Å². The fraction of sp³-hybridized carbons (Fsp3) is 0.118. The summed E-state index contributed by atoms with van der Waals surface area (Å²) in [6, 6.07) is 12.1. The number of benzene rings is 2. The van der Waals surface area contributed by atoms with Gasteiger partial charge in [0.2, 0.25) is 0 Å². The van der Waals surface area contributed by atoms with Crippen molar-refractivity contribution in [3.8, 4) is 11.8 Å². The Balaban J connectivity index is 2.01. The molecule has 0 fully saturated rings. The predicted octanol–water partition coefficient (Wildman–Crippen LogP) is 3.10. The molecule has 0 saturated carbocycles. The van der Waals surface area contributed by atoms with Crippen molar-refractivity contribution in [3.05, 3.63) is 58.6 Å². The molecule has 0 aliphatic heterocycles. The van der Waals surface area contributed by atoms with E-state index in [-0.39, 0.29) is 16.3 Å². The minimum Gasteiger partial charge on any atom is -0.507 e. The fourth-order valence-electron chi connectivity index (χ4n) is 1.82. The van der Waals surface area contributed by atoms with E-state index in [0.717, 1.165) is 0 Å². The van der Waals surface area contributed by atoms with Crippen LogP contribution in [0.3, 0.4) is 0 Å². The molecule has 0 bridgehead atoms. The number of carbonyl (C=O) groups is 2. The number of ether oxygens (including phenoxy) is 1. The lowest BCUT2D eigenvalue weighted by Crippen LogP contribution is -2.30. The number of halogens is 1. The second-order valence-electron chi connectivity index (χ2n) is 4.89. The van der Waals surface area contributed by atoms with E-state index < -0.39 is 18.0 Å². The van der Waals surface area contributed by atoms with Crippen LogP contribution in [0.1, 0.15) is 22.8 Å². The number of nitrogens with one attached hydrogen (secondary N) is 1. The molecule has 2 rings (SSSR count). The highest BCUT2D eigenvalue weighted by Gasteiger charge is 2.21. The van der Waals surface area contributed by atoms with Crippen LogP contribution in [0.5, 0.6) is 5.75 Å². The summed E-state index contributed by atoms with van der Waals surface area (Å²) in [6.45, 7) is 1.40. The van der Waals surface area contributed by atoms with Gasteiger partial charge in [-0.2, -0.15) is 5.26 Å². The molecule has 1 amide bonds. The minimum absolute atomic E-state index is 0.125. The number of nitriles is 1. The number of nitrogens with zero attached hydrogens (tertiary/aromatic N) is 1. The maximum atomic E-state index is 12.0. The number of anilines is 1. The number of aromatic hydroxyl groups is 1. The van der Waals surface area contributed by atoms with Crippen molar-refractivity contribution in [3.63, 3.8) is 0 Å². The van der Waals surface area contributed by atoms with Gasteiger partial charge in [-0.15, -0.1) is 0 Å². The van der Waals surface area contributed by atoms with E-state index >= 15 is 0 Å². The smallest absolute Gasteiger partial charge is 0.342 e. The lowest BCUT2D eigenvalue weighted by atomic mass is 10.2. The molecule has 0 heterocycles. The molecule has 6 nitrogen and oxygen atoms in total. The summed E-state index contributed by atoms with van der Waals surface area (Å²) in [4.78, 5) is 24.1. The molecule has 2 aromatic carbocycles. The number of phenols is 1. The SMILES string of the molecule is C[C@H](OC(=O)c1cc(Cl)ccc1O)C(=O)Nc1ccc(C#N)cc1. The highest BCUT2D eigenvalue weighted by molar-refractivity contribution is 6.31. The average Bonchev–Trinajstić information content (AvgIpc) is 2.57. The summed E-state index contributed by atoms with van der Waals surface area (Å²) in [7, 11) is 0. The Kier molecular flexibility index (Phi) is 5.40. The third-order valence-electron chi connectivity index (χ3n) is 3.11. The van der Waals surface area contributed by atoms with Gasteiger partial charge in [0.05, 0.1) is 11.6 Å². The first-order chi connectivity index (χ1) is 11.4. The van der Waals surface area contributed by atoms with E-state index in [2.05, 4.69) is 5.32 Å². The Morgan fingerprint density at radius 3 is 2.54 bits per heavy atom. The van der Waals surface area contributed by atoms with Crippen LogP contribution in [0.15, 0.2) is 42.5 Å². The first-order valence-corrected chi connectivity index (χ1v) is 7.29. The lowest BCUT2D eigenvalue weighted by molar-refractivity contribution is -0.123. The van der Waals surface area contributed by atoms with Crippen LogP contribution < -0.4 is 5.32 Å². The molecule has 7 heteroatoms. The van der Waals surface area contributed by atoms with E-state index in [4.69, 9.17) is 21.6 Å². The number of carbonyl (C=O) groups excluding carboxylic acids is 2. The summed E-state index contributed by atoms with van der Waals surface area (Å²) in [5, 5.41) is 21.2. The topological polar surface area (TPSA) is 99.4 Å². The molecule has 2 N–H and O–H groups in total. The van der Waals surface area contributed by atoms with Gasteiger partial charge in [0.25, 0.3) is 5.91 Å². The van der Waals surface area contributed by atoms with Crippen molar-refractivity contribution >= 4 is 29.2 Å². The van der Waals surface area contributed by atoms with Crippen molar-refractivity contribution in [2.24, 2.45) is 0 Å². The molecule has 24 heavy (non-hydrogen) atoms. The molecule has 0 aliphatic carbocycles. The molecular weight excluding hydrogens is 332 g/mol. The van der Waals surface area contributed by atoms with Crippen molar-refractivity contribution in [2.75, 3.05) is 5.32 Å². The quantitative estimate of drug-likeness (QED) is 0.830. The Hall–Kier alpha value is -3.04. The van der Waals surface area contributed by atoms with Crippen molar-refractivity contribution < 1.29 is 19.4 Å². The molecule has 0 spiro atoms. The van der Waals surface area contributed by atoms with Crippen LogP contribution >= 0.6 is 11.6 Å². The molecule has 0 saturated heterocycles. The van der Waals surface area contributed by atoms with Gasteiger partial charge in [-0.1, -0.05) is 11.6 Å². The third-order valence-corrected chi connectivity index (χ3v) is 3.35. The number of rotatable bonds is 4. The van der Waals surface area contributed by atoms with Crippen molar-refractivity contribution in [2.45, 2.75) is 13.0 Å². The molecule has 0 aliphatic rings. The lowest BCUT2D eigenvalue weighted by Gasteiger charge is -2.14. The van der Waals surface area contributed by atoms with Crippen molar-refractivity contribution in [1.82, 2.24) is 0 Å². The maximum absolute atomic E-state index is 12.0. The Labute approximate surface area is 143 Å². The monoisotopic (exact) mass is 344 g/mol. The normalized spacial score (nSPS) is 11.2. The van der Waals surface area contributed by atoms with Gasteiger partial charge in [0, 0.05) is 10.7 Å². The maximum Gasteiger partial charge on any atom is 0.342 e. The molecular formula is C17H13ClN2O4. The van der Waals surface area contributed by atoms with Gasteiger partial charge in [-0.05, 0) is 49.4 Å². The first kappa shape index (κ1) is 17.3. The molecule has 0 radical (unpaired) electrons. The molecule has 1 atom stereocenters. The summed E-state index contributed by atoms with van der Waals surface area (Å²) < 4.78 is 5.03. The summed E-state index contributed by atoms with van der Waals surface area (Å²) in [6.07, 6.45) is -1.09. The molecule has 0 aromatic heterocycles. The highest BCUT2D eigenvalue weighted by atomic mass is 35.5. The number of amides is 1. The van der Waals surface area contributed by atoms with Crippen LogP contribution in [0.4, 0.5) is 5.69 Å². The third kappa shape index (κ3) is 4.24. The zero-order chi connectivity index (χ0) is 17.7. The number of esters is 1.